The average Bonchev–Trinajstić information content (AvgIpc) is 2.36. The summed E-state index contributed by atoms with van der Waals surface area (Å²) in [6.07, 6.45) is 1.67. The van der Waals surface area contributed by atoms with Crippen molar-refractivity contribution in [3.05, 3.63) is 22.8 Å². The van der Waals surface area contributed by atoms with Crippen molar-refractivity contribution >= 4 is 27.7 Å². The summed E-state index contributed by atoms with van der Waals surface area (Å²) in [5.74, 6) is 0.584. The highest BCUT2D eigenvalue weighted by atomic mass is 79.9. The van der Waals surface area contributed by atoms with Crippen LogP contribution < -0.4 is 5.32 Å². The zero-order chi connectivity index (χ0) is 13.8. The van der Waals surface area contributed by atoms with Gasteiger partial charge in [-0.15, -0.1) is 0 Å². The van der Waals surface area contributed by atoms with Crippen LogP contribution in [-0.4, -0.2) is 60.0 Å². The molecular formula is C13H19BrN4O. The standard InChI is InChI=1S/C13H19BrN4O/c1-10-8-17(2)5-6-18(10)9-13(19)16-12-4-3-11(14)7-15-12/h3-4,7,10H,5-6,8-9H2,1-2H3,(H,15,16,19)/t10-/m1/s1. The van der Waals surface area contributed by atoms with Crippen molar-refractivity contribution in [1.82, 2.24) is 14.8 Å². The summed E-state index contributed by atoms with van der Waals surface area (Å²) in [5, 5.41) is 2.82. The molecule has 1 saturated heterocycles. The van der Waals surface area contributed by atoms with Crippen LogP contribution in [0, 0.1) is 0 Å². The van der Waals surface area contributed by atoms with Gasteiger partial charge in [0.15, 0.2) is 0 Å². The Bertz CT molecular complexity index is 437. The molecule has 1 atom stereocenters. The maximum Gasteiger partial charge on any atom is 0.239 e. The van der Waals surface area contributed by atoms with Crippen LogP contribution in [0.2, 0.25) is 0 Å². The summed E-state index contributed by atoms with van der Waals surface area (Å²) in [6, 6.07) is 4.05. The maximum atomic E-state index is 12.0. The lowest BCUT2D eigenvalue weighted by atomic mass is 10.2. The number of halogens is 1. The quantitative estimate of drug-likeness (QED) is 0.912. The van der Waals surface area contributed by atoms with E-state index in [4.69, 9.17) is 0 Å². The molecule has 0 saturated carbocycles. The van der Waals surface area contributed by atoms with Gasteiger partial charge in [-0.25, -0.2) is 4.98 Å². The molecule has 1 aliphatic heterocycles. The third-order valence-electron chi connectivity index (χ3n) is 3.31. The first-order valence-corrected chi connectivity index (χ1v) is 7.18. The van der Waals surface area contributed by atoms with Gasteiger partial charge in [-0.3, -0.25) is 9.69 Å². The summed E-state index contributed by atoms with van der Waals surface area (Å²) in [7, 11) is 2.11. The molecule has 5 nitrogen and oxygen atoms in total. The van der Waals surface area contributed by atoms with E-state index in [1.54, 1.807) is 12.3 Å². The SMILES string of the molecule is C[C@@H]1CN(C)CCN1CC(=O)Nc1ccc(Br)cn1. The van der Waals surface area contributed by atoms with E-state index in [1.165, 1.54) is 0 Å². The highest BCUT2D eigenvalue weighted by Gasteiger charge is 2.23. The lowest BCUT2D eigenvalue weighted by Crippen LogP contribution is -2.52. The second-order valence-electron chi connectivity index (χ2n) is 4.99. The minimum atomic E-state index is -0.00812. The molecule has 0 aromatic carbocycles. The Morgan fingerprint density at radius 1 is 1.53 bits per heavy atom. The second kappa shape index (κ2) is 6.45. The van der Waals surface area contributed by atoms with Crippen LogP contribution in [0.1, 0.15) is 6.92 Å². The lowest BCUT2D eigenvalue weighted by Gasteiger charge is -2.37. The highest BCUT2D eigenvalue weighted by molar-refractivity contribution is 9.10. The first-order chi connectivity index (χ1) is 9.04. The van der Waals surface area contributed by atoms with Gasteiger partial charge >= 0.3 is 0 Å². The van der Waals surface area contributed by atoms with Gasteiger partial charge in [0.2, 0.25) is 5.91 Å². The molecule has 6 heteroatoms. The monoisotopic (exact) mass is 326 g/mol. The summed E-state index contributed by atoms with van der Waals surface area (Å²) >= 11 is 3.32. The summed E-state index contributed by atoms with van der Waals surface area (Å²) < 4.78 is 0.901. The molecule has 0 aliphatic carbocycles. The zero-order valence-electron chi connectivity index (χ0n) is 11.3. The van der Waals surface area contributed by atoms with Crippen LogP contribution in [0.25, 0.3) is 0 Å². The van der Waals surface area contributed by atoms with E-state index >= 15 is 0 Å². The minimum absolute atomic E-state index is 0.00812. The predicted octanol–water partition coefficient (Wildman–Crippen LogP) is 1.42. The Morgan fingerprint density at radius 3 is 2.95 bits per heavy atom. The third-order valence-corrected chi connectivity index (χ3v) is 3.78. The number of pyridine rings is 1. The Hall–Kier alpha value is -0.980. The van der Waals surface area contributed by atoms with Gasteiger partial charge in [0, 0.05) is 36.3 Å². The van der Waals surface area contributed by atoms with E-state index in [9.17, 15) is 4.79 Å². The fourth-order valence-electron chi connectivity index (χ4n) is 2.23. The maximum absolute atomic E-state index is 12.0. The van der Waals surface area contributed by atoms with E-state index in [-0.39, 0.29) is 5.91 Å². The molecule has 2 heterocycles. The highest BCUT2D eigenvalue weighted by Crippen LogP contribution is 2.11. The third kappa shape index (κ3) is 4.26. The molecule has 0 spiro atoms. The first-order valence-electron chi connectivity index (χ1n) is 6.38. The normalized spacial score (nSPS) is 21.3. The van der Waals surface area contributed by atoms with Crippen LogP contribution in [0.5, 0.6) is 0 Å². The van der Waals surface area contributed by atoms with Crippen molar-refractivity contribution in [2.24, 2.45) is 0 Å². The lowest BCUT2D eigenvalue weighted by molar-refractivity contribution is -0.118. The van der Waals surface area contributed by atoms with Crippen LogP contribution in [0.3, 0.4) is 0 Å². The number of nitrogens with one attached hydrogen (secondary N) is 1. The molecule has 0 bridgehead atoms. The van der Waals surface area contributed by atoms with Crippen LogP contribution in [0.4, 0.5) is 5.82 Å². The molecule has 1 fully saturated rings. The summed E-state index contributed by atoms with van der Waals surface area (Å²) in [6.45, 7) is 5.52. The van der Waals surface area contributed by atoms with Crippen molar-refractivity contribution < 1.29 is 4.79 Å². The predicted molar refractivity (Wildman–Crippen MR) is 79.1 cm³/mol. The molecule has 1 aromatic rings. The van der Waals surface area contributed by atoms with Gasteiger partial charge in [-0.05, 0) is 42.0 Å². The molecular weight excluding hydrogens is 308 g/mol. The van der Waals surface area contributed by atoms with E-state index in [0.717, 1.165) is 24.1 Å². The molecule has 1 aliphatic rings. The number of nitrogens with zero attached hydrogens (tertiary/aromatic N) is 3. The van der Waals surface area contributed by atoms with E-state index in [0.29, 0.717) is 18.4 Å². The molecule has 1 N–H and O–H groups in total. The molecule has 19 heavy (non-hydrogen) atoms. The summed E-state index contributed by atoms with van der Waals surface area (Å²) in [5.41, 5.74) is 0. The first kappa shape index (κ1) is 14.4. The van der Waals surface area contributed by atoms with Crippen molar-refractivity contribution in [3.63, 3.8) is 0 Å². The Labute approximate surface area is 122 Å². The smallest absolute Gasteiger partial charge is 0.239 e. The fraction of sp³-hybridized carbons (Fsp3) is 0.538. The van der Waals surface area contributed by atoms with Crippen LogP contribution in [0.15, 0.2) is 22.8 Å². The molecule has 1 amide bonds. The van der Waals surface area contributed by atoms with Crippen molar-refractivity contribution in [1.29, 1.82) is 0 Å². The van der Waals surface area contributed by atoms with Crippen LogP contribution in [-0.2, 0) is 4.79 Å². The number of anilines is 1. The Morgan fingerprint density at radius 2 is 2.32 bits per heavy atom. The fourth-order valence-corrected chi connectivity index (χ4v) is 2.46. The number of carbonyl (C=O) groups excluding carboxylic acids is 1. The number of aromatic nitrogens is 1. The van der Waals surface area contributed by atoms with Gasteiger partial charge in [-0.1, -0.05) is 0 Å². The van der Waals surface area contributed by atoms with Gasteiger partial charge in [0.05, 0.1) is 6.54 Å². The van der Waals surface area contributed by atoms with Crippen molar-refractivity contribution in [3.8, 4) is 0 Å². The van der Waals surface area contributed by atoms with E-state index < -0.39 is 0 Å². The van der Waals surface area contributed by atoms with Gasteiger partial charge in [0.1, 0.15) is 5.82 Å². The molecule has 0 unspecified atom stereocenters. The Balaban J connectivity index is 1.85. The number of hydrogen-bond acceptors (Lipinski definition) is 4. The molecule has 0 radical (unpaired) electrons. The van der Waals surface area contributed by atoms with Crippen molar-refractivity contribution in [2.75, 3.05) is 38.5 Å². The number of hydrogen-bond donors (Lipinski definition) is 1. The van der Waals surface area contributed by atoms with E-state index in [2.05, 4.69) is 50.0 Å². The van der Waals surface area contributed by atoms with Crippen LogP contribution >= 0.6 is 15.9 Å². The molecule has 1 aromatic heterocycles. The summed E-state index contributed by atoms with van der Waals surface area (Å²) in [4.78, 5) is 20.6. The minimum Gasteiger partial charge on any atom is -0.310 e. The number of likely N-dealkylation sites (N-methyl/N-ethyl adjacent to an activating group) is 1. The second-order valence-corrected chi connectivity index (χ2v) is 5.91. The number of amides is 1. The molecule has 2 rings (SSSR count). The largest absolute Gasteiger partial charge is 0.310 e. The van der Waals surface area contributed by atoms with Gasteiger partial charge in [-0.2, -0.15) is 0 Å². The number of piperazine rings is 1. The molecule has 104 valence electrons. The average molecular weight is 327 g/mol. The van der Waals surface area contributed by atoms with Gasteiger partial charge < -0.3 is 10.2 Å². The van der Waals surface area contributed by atoms with Crippen molar-refractivity contribution in [2.45, 2.75) is 13.0 Å². The topological polar surface area (TPSA) is 48.5 Å². The number of carbonyl (C=O) groups is 1. The number of rotatable bonds is 3. The Kier molecular flexibility index (Phi) is 4.90. The van der Waals surface area contributed by atoms with Gasteiger partial charge in [0.25, 0.3) is 0 Å². The van der Waals surface area contributed by atoms with E-state index in [1.807, 2.05) is 6.07 Å². The zero-order valence-corrected chi connectivity index (χ0v) is 12.9.